The first-order valence-electron chi connectivity index (χ1n) is 1.42. The summed E-state index contributed by atoms with van der Waals surface area (Å²) in [6.07, 6.45) is 0. The van der Waals surface area contributed by atoms with Crippen LogP contribution < -0.4 is 0 Å². The fourth-order valence-electron chi connectivity index (χ4n) is 0.0777. The van der Waals surface area contributed by atoms with Crippen LogP contribution >= 0.6 is 0 Å². The first kappa shape index (κ1) is 6.24. The van der Waals surface area contributed by atoms with Gasteiger partial charge >= 0.3 is 49.6 Å². The Labute approximate surface area is 50.3 Å². The number of nitrogens with zero attached hydrogens (tertiary/aromatic N) is 2. The number of hydrogen-bond donors (Lipinski definition) is 0. The Balaban J connectivity index is 4.03. The summed E-state index contributed by atoms with van der Waals surface area (Å²) in [6, 6.07) is 0. The molecule has 0 amide bonds. The maximum atomic E-state index is 6.28. The van der Waals surface area contributed by atoms with Crippen molar-refractivity contribution in [2.24, 2.45) is 0 Å². The zero-order chi connectivity index (χ0) is 5.70. The van der Waals surface area contributed by atoms with E-state index < -0.39 is 0 Å². The van der Waals surface area contributed by atoms with Gasteiger partial charge in [-0.1, -0.05) is 0 Å². The van der Waals surface area contributed by atoms with Crippen LogP contribution in [0.3, 0.4) is 0 Å². The van der Waals surface area contributed by atoms with Crippen LogP contribution in [0, 0.1) is 13.1 Å². The fourth-order valence-corrected chi connectivity index (χ4v) is 0.299. The van der Waals surface area contributed by atoms with Gasteiger partial charge in [-0.3, -0.25) is 0 Å². The van der Waals surface area contributed by atoms with E-state index in [1.54, 1.807) is 0 Å². The number of rotatable bonds is 0. The summed E-state index contributed by atoms with van der Waals surface area (Å²) < 4.78 is 0. The molecule has 0 aromatic rings. The van der Waals surface area contributed by atoms with E-state index in [1.807, 2.05) is 0 Å². The average Bonchev–Trinajstić information content (AvgIpc) is 1.72. The molecular formula is C4HN2Se. The minimum atomic E-state index is 0.0833. The molecule has 0 saturated carbocycles. The second-order valence-electron chi connectivity index (χ2n) is 0.700. The van der Waals surface area contributed by atoms with Crippen molar-refractivity contribution in [2.75, 3.05) is 0 Å². The first-order valence-corrected chi connectivity index (χ1v) is 2.41. The molecule has 0 saturated heterocycles. The van der Waals surface area contributed by atoms with E-state index in [9.17, 15) is 0 Å². The van der Waals surface area contributed by atoms with E-state index in [1.165, 1.54) is 4.97 Å². The van der Waals surface area contributed by atoms with Gasteiger partial charge in [0.25, 0.3) is 0 Å². The zero-order valence-electron chi connectivity index (χ0n) is 3.38. The molecule has 0 aromatic carbocycles. The molecule has 0 aliphatic carbocycles. The van der Waals surface area contributed by atoms with Gasteiger partial charge in [-0.15, -0.1) is 0 Å². The van der Waals surface area contributed by atoms with Crippen molar-refractivity contribution in [1.82, 2.24) is 0 Å². The van der Waals surface area contributed by atoms with Crippen LogP contribution in [0.15, 0.2) is 10.8 Å². The monoisotopic (exact) mass is 157 g/mol. The van der Waals surface area contributed by atoms with Crippen LogP contribution in [-0.4, -0.2) is 16.0 Å². The Hall–Kier alpha value is -0.761. The molecule has 33 valence electrons. The van der Waals surface area contributed by atoms with Crippen LogP contribution in [0.4, 0.5) is 0 Å². The second-order valence-corrected chi connectivity index (χ2v) is 1.19. The summed E-state index contributed by atoms with van der Waals surface area (Å²) in [5.41, 5.74) is 0. The third-order valence-corrected chi connectivity index (χ3v) is 0.777. The molecule has 0 spiro atoms. The molecule has 0 N–H and O–H groups in total. The summed E-state index contributed by atoms with van der Waals surface area (Å²) in [5.74, 6) is 0.0833. The van der Waals surface area contributed by atoms with Gasteiger partial charge in [-0.05, 0) is 0 Å². The molecule has 0 unspecified atom stereocenters. The van der Waals surface area contributed by atoms with Crippen LogP contribution in [-0.2, 0) is 0 Å². The number of hydrogen-bond acceptors (Lipinski definition) is 0. The predicted octanol–water partition coefficient (Wildman–Crippen LogP) is 0.792. The molecule has 7 heavy (non-hydrogen) atoms. The molecule has 0 fully saturated rings. The van der Waals surface area contributed by atoms with Crippen molar-refractivity contribution in [3.63, 3.8) is 0 Å². The first-order chi connectivity index (χ1) is 3.35. The minimum absolute atomic E-state index is 0.0833. The molecule has 0 rings (SSSR count). The second kappa shape index (κ2) is 3.43. The van der Waals surface area contributed by atoms with Crippen LogP contribution in [0.5, 0.6) is 0 Å². The third kappa shape index (κ3) is 2.00. The quantitative estimate of drug-likeness (QED) is 0.362. The topological polar surface area (TPSA) is 8.72 Å². The summed E-state index contributed by atoms with van der Waals surface area (Å²) in [6.45, 7) is 12.6. The average molecular weight is 156 g/mol. The Morgan fingerprint density at radius 1 is 1.43 bits per heavy atom. The van der Waals surface area contributed by atoms with Gasteiger partial charge in [-0.25, -0.2) is 0 Å². The summed E-state index contributed by atoms with van der Waals surface area (Å²) in [4.78, 5) is 7.06. The molecular weight excluding hydrogens is 155 g/mol. The van der Waals surface area contributed by atoms with E-state index in [2.05, 4.69) is 25.7 Å². The van der Waals surface area contributed by atoms with E-state index in [0.29, 0.717) is 0 Å². The van der Waals surface area contributed by atoms with Crippen molar-refractivity contribution >= 4 is 16.0 Å². The van der Waals surface area contributed by atoms with E-state index in [-0.39, 0.29) is 5.82 Å². The summed E-state index contributed by atoms with van der Waals surface area (Å²) in [7, 11) is 0. The van der Waals surface area contributed by atoms with Crippen molar-refractivity contribution in [2.45, 2.75) is 0 Å². The van der Waals surface area contributed by atoms with Gasteiger partial charge in [-0.2, -0.15) is 0 Å². The fraction of sp³-hybridized carbons (Fsp3) is 0. The van der Waals surface area contributed by atoms with Crippen molar-refractivity contribution < 1.29 is 0 Å². The standard InChI is InChI=1S/C4HN2Se/c1-5-4(3-7)6-2/h3H. The van der Waals surface area contributed by atoms with Gasteiger partial charge in [0, 0.05) is 0 Å². The van der Waals surface area contributed by atoms with Gasteiger partial charge < -0.3 is 0 Å². The van der Waals surface area contributed by atoms with Crippen molar-refractivity contribution in [3.05, 3.63) is 33.6 Å². The van der Waals surface area contributed by atoms with Crippen LogP contribution in [0.25, 0.3) is 9.69 Å². The van der Waals surface area contributed by atoms with Gasteiger partial charge in [0.05, 0.1) is 0 Å². The Morgan fingerprint density at radius 2 is 1.86 bits per heavy atom. The molecule has 0 aliphatic heterocycles. The van der Waals surface area contributed by atoms with Crippen molar-refractivity contribution in [1.29, 1.82) is 0 Å². The zero-order valence-corrected chi connectivity index (χ0v) is 5.09. The summed E-state index contributed by atoms with van der Waals surface area (Å²) in [5, 5.41) is 0. The molecule has 1 radical (unpaired) electrons. The molecule has 0 bridgehead atoms. The molecule has 0 heterocycles. The maximum absolute atomic E-state index is 6.28. The van der Waals surface area contributed by atoms with E-state index >= 15 is 0 Å². The van der Waals surface area contributed by atoms with E-state index in [4.69, 9.17) is 13.1 Å². The van der Waals surface area contributed by atoms with Gasteiger partial charge in [0.1, 0.15) is 0 Å². The Bertz CT molecular complexity index is 142. The normalized spacial score (nSPS) is 5.43. The van der Waals surface area contributed by atoms with Crippen LogP contribution in [0.1, 0.15) is 0 Å². The Kier molecular flexibility index (Phi) is 3.06. The summed E-state index contributed by atoms with van der Waals surface area (Å²) >= 11 is 2.46. The third-order valence-electron chi connectivity index (χ3n) is 0.335. The van der Waals surface area contributed by atoms with Gasteiger partial charge in [0.2, 0.25) is 0 Å². The SMILES string of the molecule is [C-]#[N+]C(=C[Se])[N+]#[C-]. The molecule has 2 nitrogen and oxygen atoms in total. The van der Waals surface area contributed by atoms with E-state index in [0.717, 1.165) is 0 Å². The molecule has 0 aliphatic rings. The van der Waals surface area contributed by atoms with Crippen molar-refractivity contribution in [3.8, 4) is 0 Å². The van der Waals surface area contributed by atoms with Crippen LogP contribution in [0.2, 0.25) is 0 Å². The van der Waals surface area contributed by atoms with Gasteiger partial charge in [0.15, 0.2) is 0 Å². The Morgan fingerprint density at radius 3 is 1.86 bits per heavy atom. The molecule has 3 heteroatoms. The molecule has 0 atom stereocenters. The molecule has 0 aromatic heterocycles. The predicted molar refractivity (Wildman–Crippen MR) is 27.0 cm³/mol.